The Kier molecular flexibility index (Phi) is 6.48. The fourth-order valence-corrected chi connectivity index (χ4v) is 4.79. The highest BCUT2D eigenvalue weighted by Crippen LogP contribution is 2.38. The molecule has 2 aromatic carbocycles. The van der Waals surface area contributed by atoms with Crippen LogP contribution in [0.4, 0.5) is 4.79 Å². The molecule has 0 radical (unpaired) electrons. The number of aromatic nitrogens is 3. The first-order chi connectivity index (χ1) is 17.6. The minimum atomic E-state index is -0.548. The molecule has 0 saturated heterocycles. The van der Waals surface area contributed by atoms with E-state index < -0.39 is 5.60 Å². The summed E-state index contributed by atoms with van der Waals surface area (Å²) in [6.07, 6.45) is 2.31. The number of para-hydroxylation sites is 1. The second-order valence-corrected chi connectivity index (χ2v) is 11.2. The molecule has 0 unspecified atom stereocenters. The van der Waals surface area contributed by atoms with Gasteiger partial charge in [-0.25, -0.2) is 9.48 Å². The summed E-state index contributed by atoms with van der Waals surface area (Å²) in [5.41, 5.74) is 6.62. The number of carbonyl (C=O) groups is 1. The van der Waals surface area contributed by atoms with Crippen molar-refractivity contribution in [3.8, 4) is 22.7 Å². The number of ether oxygens (including phenoxy) is 2. The van der Waals surface area contributed by atoms with Crippen molar-refractivity contribution in [3.63, 3.8) is 0 Å². The fourth-order valence-electron chi connectivity index (χ4n) is 4.79. The summed E-state index contributed by atoms with van der Waals surface area (Å²) in [5, 5.41) is 6.26. The molecule has 0 bridgehead atoms. The summed E-state index contributed by atoms with van der Waals surface area (Å²) in [6, 6.07) is 14.6. The second-order valence-electron chi connectivity index (χ2n) is 11.2. The first kappa shape index (κ1) is 24.9. The Balaban J connectivity index is 1.66. The lowest BCUT2D eigenvalue weighted by atomic mass is 9.99. The lowest BCUT2D eigenvalue weighted by Crippen LogP contribution is -2.39. The van der Waals surface area contributed by atoms with Crippen LogP contribution >= 0.6 is 0 Å². The molecule has 4 aromatic rings. The first-order valence-corrected chi connectivity index (χ1v) is 13.0. The molecule has 1 aliphatic rings. The van der Waals surface area contributed by atoms with Gasteiger partial charge in [-0.1, -0.05) is 32.0 Å². The van der Waals surface area contributed by atoms with Crippen LogP contribution in [-0.2, 0) is 17.7 Å². The molecule has 2 aromatic heterocycles. The number of fused-ring (bicyclic) bond motifs is 2. The molecule has 0 spiro atoms. The van der Waals surface area contributed by atoms with Gasteiger partial charge >= 0.3 is 6.09 Å². The van der Waals surface area contributed by atoms with Crippen LogP contribution in [0.5, 0.6) is 5.75 Å². The van der Waals surface area contributed by atoms with Gasteiger partial charge in [0.05, 0.1) is 24.5 Å². The number of nitrogens with one attached hydrogen (secondary N) is 1. The van der Waals surface area contributed by atoms with Crippen LogP contribution in [0.3, 0.4) is 0 Å². The Labute approximate surface area is 218 Å². The van der Waals surface area contributed by atoms with Crippen molar-refractivity contribution in [1.82, 2.24) is 19.7 Å². The number of aryl methyl sites for hydroxylation is 1. The maximum Gasteiger partial charge on any atom is 0.410 e. The minimum Gasteiger partial charge on any atom is -0.491 e. The van der Waals surface area contributed by atoms with E-state index in [0.29, 0.717) is 32.0 Å². The van der Waals surface area contributed by atoms with Gasteiger partial charge in [-0.2, -0.15) is 5.10 Å². The van der Waals surface area contributed by atoms with Crippen LogP contribution in [0, 0.1) is 12.8 Å². The van der Waals surface area contributed by atoms with Crippen LogP contribution in [0.1, 0.15) is 51.4 Å². The molecule has 0 atom stereocenters. The van der Waals surface area contributed by atoms with Gasteiger partial charge in [0.25, 0.3) is 0 Å². The quantitative estimate of drug-likeness (QED) is 0.333. The lowest BCUT2D eigenvalue weighted by molar-refractivity contribution is 0.0224. The van der Waals surface area contributed by atoms with Crippen molar-refractivity contribution in [3.05, 3.63) is 65.5 Å². The molecule has 1 amide bonds. The van der Waals surface area contributed by atoms with Crippen LogP contribution < -0.4 is 4.74 Å². The van der Waals surface area contributed by atoms with Crippen LogP contribution in [0.2, 0.25) is 0 Å². The number of hydrogen-bond acceptors (Lipinski definition) is 4. The Hall–Kier alpha value is -3.74. The number of H-pyrrole nitrogens is 1. The van der Waals surface area contributed by atoms with E-state index in [4.69, 9.17) is 14.6 Å². The number of carbonyl (C=O) groups excluding carboxylic acids is 1. The van der Waals surface area contributed by atoms with Crippen molar-refractivity contribution >= 4 is 17.0 Å². The van der Waals surface area contributed by atoms with E-state index in [1.54, 1.807) is 4.90 Å². The second kappa shape index (κ2) is 9.61. The number of rotatable bonds is 5. The van der Waals surface area contributed by atoms with E-state index in [1.165, 1.54) is 0 Å². The summed E-state index contributed by atoms with van der Waals surface area (Å²) in [6.45, 7) is 13.7. The van der Waals surface area contributed by atoms with Gasteiger partial charge in [0, 0.05) is 41.2 Å². The average molecular weight is 501 g/mol. The van der Waals surface area contributed by atoms with Crippen molar-refractivity contribution in [2.24, 2.45) is 5.92 Å². The summed E-state index contributed by atoms with van der Waals surface area (Å²) in [5.74, 6) is 1.21. The topological polar surface area (TPSA) is 72.4 Å². The Bertz CT molecular complexity index is 1440. The monoisotopic (exact) mass is 500 g/mol. The third-order valence-corrected chi connectivity index (χ3v) is 6.50. The molecule has 194 valence electrons. The maximum absolute atomic E-state index is 13.0. The van der Waals surface area contributed by atoms with Crippen LogP contribution in [0.25, 0.3) is 27.8 Å². The number of hydrogen-bond donors (Lipinski definition) is 1. The Morgan fingerprint density at radius 3 is 2.73 bits per heavy atom. The third-order valence-electron chi connectivity index (χ3n) is 6.50. The van der Waals surface area contributed by atoms with E-state index in [1.807, 2.05) is 43.8 Å². The molecule has 5 rings (SSSR count). The van der Waals surface area contributed by atoms with E-state index in [2.05, 4.69) is 56.1 Å². The van der Waals surface area contributed by atoms with Gasteiger partial charge in [-0.15, -0.1) is 0 Å². The van der Waals surface area contributed by atoms with Crippen LogP contribution in [0.15, 0.2) is 48.7 Å². The highest BCUT2D eigenvalue weighted by Gasteiger charge is 2.31. The van der Waals surface area contributed by atoms with E-state index in [-0.39, 0.29) is 6.09 Å². The normalized spacial score (nSPS) is 13.8. The van der Waals surface area contributed by atoms with E-state index in [9.17, 15) is 4.79 Å². The molecular weight excluding hydrogens is 464 g/mol. The zero-order valence-electron chi connectivity index (χ0n) is 22.6. The fraction of sp³-hybridized carbons (Fsp3) is 0.400. The zero-order valence-corrected chi connectivity index (χ0v) is 22.6. The Morgan fingerprint density at radius 2 is 1.97 bits per heavy atom. The third kappa shape index (κ3) is 5.08. The number of amides is 1. The molecule has 0 saturated carbocycles. The van der Waals surface area contributed by atoms with Crippen molar-refractivity contribution < 1.29 is 14.3 Å². The maximum atomic E-state index is 13.0. The van der Waals surface area contributed by atoms with Crippen LogP contribution in [-0.4, -0.2) is 44.5 Å². The lowest BCUT2D eigenvalue weighted by Gasteiger charge is -2.30. The molecule has 7 heteroatoms. The van der Waals surface area contributed by atoms with Gasteiger partial charge in [-0.3, -0.25) is 0 Å². The van der Waals surface area contributed by atoms with Gasteiger partial charge < -0.3 is 19.4 Å². The van der Waals surface area contributed by atoms with Crippen molar-refractivity contribution in [2.75, 3.05) is 13.2 Å². The summed E-state index contributed by atoms with van der Waals surface area (Å²) < 4.78 is 14.0. The summed E-state index contributed by atoms with van der Waals surface area (Å²) >= 11 is 0. The SMILES string of the molecule is Cc1cccc(OCC(C)C)c1-n1nc2c(c1-c1ccc3[nH]ccc3c1)CN(C(=O)OC(C)(C)C)CC2. The Morgan fingerprint density at radius 1 is 1.16 bits per heavy atom. The largest absolute Gasteiger partial charge is 0.491 e. The minimum absolute atomic E-state index is 0.296. The first-order valence-electron chi connectivity index (χ1n) is 13.0. The summed E-state index contributed by atoms with van der Waals surface area (Å²) in [4.78, 5) is 18.1. The highest BCUT2D eigenvalue weighted by molar-refractivity contribution is 5.86. The summed E-state index contributed by atoms with van der Waals surface area (Å²) in [7, 11) is 0. The smallest absolute Gasteiger partial charge is 0.410 e. The van der Waals surface area contributed by atoms with Gasteiger partial charge in [-0.05, 0) is 63.4 Å². The van der Waals surface area contributed by atoms with Crippen molar-refractivity contribution in [1.29, 1.82) is 0 Å². The van der Waals surface area contributed by atoms with E-state index >= 15 is 0 Å². The molecule has 1 aliphatic heterocycles. The standard InChI is InChI=1S/C30H36N4O3/c1-19(2)18-36-26-9-7-8-20(3)27(26)34-28(22-10-11-24-21(16-22)12-14-31-24)23-17-33(15-13-25(23)32-34)29(35)37-30(4,5)6/h7-12,14,16,19,31H,13,15,17-18H2,1-6H3. The molecular formula is C30H36N4O3. The molecule has 0 aliphatic carbocycles. The number of benzene rings is 2. The van der Waals surface area contributed by atoms with E-state index in [0.717, 1.165) is 50.4 Å². The van der Waals surface area contributed by atoms with Gasteiger partial charge in [0.1, 0.15) is 17.0 Å². The van der Waals surface area contributed by atoms with Gasteiger partial charge in [0.2, 0.25) is 0 Å². The predicted octanol–water partition coefficient (Wildman–Crippen LogP) is 6.66. The highest BCUT2D eigenvalue weighted by atomic mass is 16.6. The zero-order chi connectivity index (χ0) is 26.3. The average Bonchev–Trinajstić information content (AvgIpc) is 3.45. The molecule has 1 N–H and O–H groups in total. The molecule has 0 fully saturated rings. The molecule has 3 heterocycles. The van der Waals surface area contributed by atoms with Crippen molar-refractivity contribution in [2.45, 2.75) is 60.1 Å². The number of aromatic amines is 1. The number of nitrogens with zero attached hydrogens (tertiary/aromatic N) is 3. The predicted molar refractivity (Wildman–Crippen MR) is 146 cm³/mol. The van der Waals surface area contributed by atoms with Gasteiger partial charge in [0.15, 0.2) is 0 Å². The molecule has 37 heavy (non-hydrogen) atoms. The molecule has 7 nitrogen and oxygen atoms in total.